The van der Waals surface area contributed by atoms with E-state index < -0.39 is 12.1 Å². The van der Waals surface area contributed by atoms with Gasteiger partial charge in [-0.1, -0.05) is 6.07 Å². The Bertz CT molecular complexity index is 424. The van der Waals surface area contributed by atoms with Crippen LogP contribution in [-0.4, -0.2) is 51.8 Å². The normalized spacial score (nSPS) is 11.7. The summed E-state index contributed by atoms with van der Waals surface area (Å²) in [6.07, 6.45) is 1.83. The number of pyridine rings is 1. The van der Waals surface area contributed by atoms with Crippen LogP contribution in [0.2, 0.25) is 0 Å². The van der Waals surface area contributed by atoms with Crippen molar-refractivity contribution in [3.05, 3.63) is 30.1 Å². The third-order valence-electron chi connectivity index (χ3n) is 2.47. The molecule has 0 spiro atoms. The Morgan fingerprint density at radius 1 is 1.53 bits per heavy atom. The van der Waals surface area contributed by atoms with Gasteiger partial charge in [-0.15, -0.1) is 0 Å². The third kappa shape index (κ3) is 5.35. The summed E-state index contributed by atoms with van der Waals surface area (Å²) in [5.41, 5.74) is 0.894. The van der Waals surface area contributed by atoms with Crippen LogP contribution in [0.15, 0.2) is 24.5 Å². The van der Waals surface area contributed by atoms with Crippen molar-refractivity contribution < 1.29 is 19.8 Å². The first-order chi connectivity index (χ1) is 9.00. The standard InChI is InChI=1S/C12H17N3O4/c1-15(8-9-3-2-5-13-7-9)12(19)14-6-4-10(16)11(17)18/h2-3,5,7,10,16H,4,6,8H2,1H3,(H,14,19)(H,17,18). The number of nitrogens with one attached hydrogen (secondary N) is 1. The van der Waals surface area contributed by atoms with Gasteiger partial charge < -0.3 is 20.4 Å². The molecular weight excluding hydrogens is 250 g/mol. The maximum Gasteiger partial charge on any atom is 0.332 e. The number of carboxylic acids is 1. The molecule has 19 heavy (non-hydrogen) atoms. The number of aromatic nitrogens is 1. The van der Waals surface area contributed by atoms with Gasteiger partial charge in [0.05, 0.1) is 0 Å². The predicted molar refractivity (Wildman–Crippen MR) is 67.4 cm³/mol. The summed E-state index contributed by atoms with van der Waals surface area (Å²) in [5, 5.41) is 20.0. The number of nitrogens with zero attached hydrogens (tertiary/aromatic N) is 2. The minimum Gasteiger partial charge on any atom is -0.479 e. The Morgan fingerprint density at radius 3 is 2.84 bits per heavy atom. The first-order valence-electron chi connectivity index (χ1n) is 5.79. The van der Waals surface area contributed by atoms with Gasteiger partial charge in [-0.2, -0.15) is 0 Å². The Kier molecular flexibility index (Phi) is 5.74. The monoisotopic (exact) mass is 267 g/mol. The minimum atomic E-state index is -1.45. The van der Waals surface area contributed by atoms with E-state index in [-0.39, 0.29) is 19.0 Å². The zero-order valence-corrected chi connectivity index (χ0v) is 10.6. The molecule has 3 N–H and O–H groups in total. The molecule has 1 aromatic heterocycles. The molecule has 0 saturated heterocycles. The zero-order chi connectivity index (χ0) is 14.3. The second-order valence-electron chi connectivity index (χ2n) is 4.09. The molecule has 0 radical (unpaired) electrons. The van der Waals surface area contributed by atoms with Crippen LogP contribution in [-0.2, 0) is 11.3 Å². The highest BCUT2D eigenvalue weighted by Crippen LogP contribution is 2.00. The van der Waals surface area contributed by atoms with Gasteiger partial charge in [0.15, 0.2) is 6.10 Å². The van der Waals surface area contributed by atoms with E-state index in [2.05, 4.69) is 10.3 Å². The van der Waals surface area contributed by atoms with Gasteiger partial charge in [-0.25, -0.2) is 9.59 Å². The van der Waals surface area contributed by atoms with E-state index in [1.165, 1.54) is 4.90 Å². The van der Waals surface area contributed by atoms with E-state index in [1.54, 1.807) is 25.5 Å². The Labute approximate surface area is 110 Å². The third-order valence-corrected chi connectivity index (χ3v) is 2.47. The first-order valence-corrected chi connectivity index (χ1v) is 5.79. The van der Waals surface area contributed by atoms with Crippen molar-refractivity contribution in [2.24, 2.45) is 0 Å². The number of hydrogen-bond acceptors (Lipinski definition) is 4. The van der Waals surface area contributed by atoms with Gasteiger partial charge in [0, 0.05) is 39.0 Å². The van der Waals surface area contributed by atoms with E-state index in [4.69, 9.17) is 10.2 Å². The number of rotatable bonds is 6. The fraction of sp³-hybridized carbons (Fsp3) is 0.417. The summed E-state index contributed by atoms with van der Waals surface area (Å²) in [6, 6.07) is 3.30. The summed E-state index contributed by atoms with van der Waals surface area (Å²) in [4.78, 5) is 27.4. The van der Waals surface area contributed by atoms with Gasteiger partial charge >= 0.3 is 12.0 Å². The SMILES string of the molecule is CN(Cc1cccnc1)C(=O)NCCC(O)C(=O)O. The molecule has 1 rings (SSSR count). The fourth-order valence-electron chi connectivity index (χ4n) is 1.41. The quantitative estimate of drug-likeness (QED) is 0.676. The number of carbonyl (C=O) groups is 2. The summed E-state index contributed by atoms with van der Waals surface area (Å²) in [7, 11) is 1.62. The fourth-order valence-corrected chi connectivity index (χ4v) is 1.41. The molecule has 7 nitrogen and oxygen atoms in total. The summed E-state index contributed by atoms with van der Waals surface area (Å²) in [5.74, 6) is -1.29. The van der Waals surface area contributed by atoms with E-state index >= 15 is 0 Å². The molecule has 0 aliphatic carbocycles. The second kappa shape index (κ2) is 7.32. The average Bonchev–Trinajstić information content (AvgIpc) is 2.39. The van der Waals surface area contributed by atoms with E-state index in [1.807, 2.05) is 6.07 Å². The van der Waals surface area contributed by atoms with Crippen LogP contribution in [0.3, 0.4) is 0 Å². The zero-order valence-electron chi connectivity index (χ0n) is 10.6. The lowest BCUT2D eigenvalue weighted by Crippen LogP contribution is -2.38. The van der Waals surface area contributed by atoms with Crippen LogP contribution in [0, 0.1) is 0 Å². The van der Waals surface area contributed by atoms with Crippen molar-refractivity contribution in [1.29, 1.82) is 0 Å². The number of hydrogen-bond donors (Lipinski definition) is 3. The van der Waals surface area contributed by atoms with Gasteiger partial charge in [0.25, 0.3) is 0 Å². The number of urea groups is 1. The molecule has 0 aliphatic heterocycles. The van der Waals surface area contributed by atoms with Crippen LogP contribution in [0.25, 0.3) is 0 Å². The number of aliphatic hydroxyl groups is 1. The highest BCUT2D eigenvalue weighted by atomic mass is 16.4. The number of aliphatic hydroxyl groups excluding tert-OH is 1. The molecule has 0 aliphatic rings. The van der Waals surface area contributed by atoms with E-state index in [0.29, 0.717) is 6.54 Å². The molecule has 7 heteroatoms. The molecule has 0 saturated carbocycles. The van der Waals surface area contributed by atoms with Crippen molar-refractivity contribution in [3.8, 4) is 0 Å². The van der Waals surface area contributed by atoms with Crippen molar-refractivity contribution in [2.45, 2.75) is 19.1 Å². The van der Waals surface area contributed by atoms with Crippen LogP contribution < -0.4 is 5.32 Å². The van der Waals surface area contributed by atoms with Crippen molar-refractivity contribution in [1.82, 2.24) is 15.2 Å². The second-order valence-corrected chi connectivity index (χ2v) is 4.09. The minimum absolute atomic E-state index is 0.0260. The Morgan fingerprint density at radius 2 is 2.26 bits per heavy atom. The maximum absolute atomic E-state index is 11.7. The highest BCUT2D eigenvalue weighted by molar-refractivity contribution is 5.74. The van der Waals surface area contributed by atoms with E-state index in [9.17, 15) is 9.59 Å². The van der Waals surface area contributed by atoms with Gasteiger partial charge in [-0.3, -0.25) is 4.98 Å². The topological polar surface area (TPSA) is 103 Å². The molecule has 0 bridgehead atoms. The number of carboxylic acid groups (broad SMARTS) is 1. The predicted octanol–water partition coefficient (Wildman–Crippen LogP) is 0.0586. The Balaban J connectivity index is 2.31. The first kappa shape index (κ1) is 14.9. The molecule has 1 unspecified atom stereocenters. The van der Waals surface area contributed by atoms with Gasteiger partial charge in [-0.05, 0) is 11.6 Å². The summed E-state index contributed by atoms with van der Waals surface area (Å²) < 4.78 is 0. The smallest absolute Gasteiger partial charge is 0.332 e. The van der Waals surface area contributed by atoms with Crippen molar-refractivity contribution in [2.75, 3.05) is 13.6 Å². The number of aliphatic carboxylic acids is 1. The molecule has 104 valence electrons. The lowest BCUT2D eigenvalue weighted by Gasteiger charge is -2.18. The van der Waals surface area contributed by atoms with Crippen LogP contribution in [0.5, 0.6) is 0 Å². The van der Waals surface area contributed by atoms with Gasteiger partial charge in [0.2, 0.25) is 0 Å². The summed E-state index contributed by atoms with van der Waals surface area (Å²) >= 11 is 0. The molecule has 2 amide bonds. The molecule has 1 atom stereocenters. The number of amides is 2. The van der Waals surface area contributed by atoms with Crippen molar-refractivity contribution in [3.63, 3.8) is 0 Å². The lowest BCUT2D eigenvalue weighted by atomic mass is 10.2. The summed E-state index contributed by atoms with van der Waals surface area (Å²) in [6.45, 7) is 0.505. The lowest BCUT2D eigenvalue weighted by molar-refractivity contribution is -0.146. The molecule has 1 aromatic rings. The van der Waals surface area contributed by atoms with Crippen LogP contribution >= 0.6 is 0 Å². The molecule has 0 fully saturated rings. The Hall–Kier alpha value is -2.15. The molecule has 0 aromatic carbocycles. The maximum atomic E-state index is 11.7. The molecule has 1 heterocycles. The van der Waals surface area contributed by atoms with Gasteiger partial charge in [0.1, 0.15) is 0 Å². The van der Waals surface area contributed by atoms with Crippen molar-refractivity contribution >= 4 is 12.0 Å². The van der Waals surface area contributed by atoms with Crippen LogP contribution in [0.4, 0.5) is 4.79 Å². The van der Waals surface area contributed by atoms with Crippen LogP contribution in [0.1, 0.15) is 12.0 Å². The highest BCUT2D eigenvalue weighted by Gasteiger charge is 2.14. The number of carbonyl (C=O) groups excluding carboxylic acids is 1. The van der Waals surface area contributed by atoms with E-state index in [0.717, 1.165) is 5.56 Å². The molecular formula is C12H17N3O4. The average molecular weight is 267 g/mol. The largest absolute Gasteiger partial charge is 0.479 e.